The van der Waals surface area contributed by atoms with Gasteiger partial charge in [0.25, 0.3) is 0 Å². The van der Waals surface area contributed by atoms with Crippen molar-refractivity contribution in [1.29, 1.82) is 0 Å². The molecule has 0 unspecified atom stereocenters. The zero-order chi connectivity index (χ0) is 15.9. The summed E-state index contributed by atoms with van der Waals surface area (Å²) in [5.41, 5.74) is 1.03. The Morgan fingerprint density at radius 2 is 2.14 bits per heavy atom. The van der Waals surface area contributed by atoms with E-state index >= 15 is 0 Å². The normalized spacial score (nSPS) is 14.5. The summed E-state index contributed by atoms with van der Waals surface area (Å²) in [6.45, 7) is 2.78. The standard InChI is InChI=1S/C16H20N2O4/c1-3-5-12-6-7-13(14(10-12)21-2)22-9-4-8-18-15(19)11-17-16(18)20/h3,5-7,10H,4,8-9,11H2,1-2H3,(H,17,20)/b5-3+. The molecular weight excluding hydrogens is 284 g/mol. The average molecular weight is 304 g/mol. The molecule has 3 amide bonds. The van der Waals surface area contributed by atoms with Gasteiger partial charge in [-0.25, -0.2) is 4.79 Å². The summed E-state index contributed by atoms with van der Waals surface area (Å²) < 4.78 is 11.0. The van der Waals surface area contributed by atoms with Crippen LogP contribution in [-0.4, -0.2) is 43.6 Å². The van der Waals surface area contributed by atoms with Gasteiger partial charge in [-0.05, 0) is 31.0 Å². The van der Waals surface area contributed by atoms with Crippen LogP contribution in [0.15, 0.2) is 24.3 Å². The maximum atomic E-state index is 11.4. The molecule has 1 saturated heterocycles. The topological polar surface area (TPSA) is 67.9 Å². The fraction of sp³-hybridized carbons (Fsp3) is 0.375. The van der Waals surface area contributed by atoms with Crippen LogP contribution >= 0.6 is 0 Å². The first kappa shape index (κ1) is 15.9. The van der Waals surface area contributed by atoms with Gasteiger partial charge < -0.3 is 14.8 Å². The minimum Gasteiger partial charge on any atom is -0.493 e. The lowest BCUT2D eigenvalue weighted by Gasteiger charge is -2.14. The number of nitrogens with one attached hydrogen (secondary N) is 1. The maximum Gasteiger partial charge on any atom is 0.324 e. The minimum absolute atomic E-state index is 0.0833. The summed E-state index contributed by atoms with van der Waals surface area (Å²) in [6.07, 6.45) is 4.50. The minimum atomic E-state index is -0.335. The Hall–Kier alpha value is -2.50. The van der Waals surface area contributed by atoms with Crippen molar-refractivity contribution in [2.24, 2.45) is 0 Å². The molecule has 6 heteroatoms. The number of allylic oxidation sites excluding steroid dienone is 1. The number of urea groups is 1. The number of methoxy groups -OCH3 is 1. The Kier molecular flexibility index (Phi) is 5.41. The zero-order valence-corrected chi connectivity index (χ0v) is 12.8. The lowest BCUT2D eigenvalue weighted by Crippen LogP contribution is -2.32. The van der Waals surface area contributed by atoms with Gasteiger partial charge in [-0.1, -0.05) is 18.2 Å². The number of hydrogen-bond donors (Lipinski definition) is 1. The summed E-state index contributed by atoms with van der Waals surface area (Å²) in [5.74, 6) is 1.11. The smallest absolute Gasteiger partial charge is 0.324 e. The molecule has 0 bridgehead atoms. The van der Waals surface area contributed by atoms with E-state index in [0.29, 0.717) is 31.1 Å². The Morgan fingerprint density at radius 3 is 2.77 bits per heavy atom. The average Bonchev–Trinajstić information content (AvgIpc) is 2.84. The molecule has 0 aromatic heterocycles. The third-order valence-corrected chi connectivity index (χ3v) is 3.27. The van der Waals surface area contributed by atoms with Crippen LogP contribution in [0, 0.1) is 0 Å². The van der Waals surface area contributed by atoms with Gasteiger partial charge in [0, 0.05) is 6.54 Å². The number of ether oxygens (including phenoxy) is 2. The van der Waals surface area contributed by atoms with Crippen LogP contribution in [0.1, 0.15) is 18.9 Å². The number of carbonyl (C=O) groups excluding carboxylic acids is 2. The summed E-state index contributed by atoms with van der Waals surface area (Å²) in [4.78, 5) is 24.0. The molecule has 2 rings (SSSR count). The molecule has 1 N–H and O–H groups in total. The van der Waals surface area contributed by atoms with Gasteiger partial charge in [0.05, 0.1) is 20.3 Å². The van der Waals surface area contributed by atoms with Crippen LogP contribution in [0.3, 0.4) is 0 Å². The monoisotopic (exact) mass is 304 g/mol. The number of hydrogen-bond acceptors (Lipinski definition) is 4. The SMILES string of the molecule is C/C=C/c1ccc(OCCCN2C(=O)CNC2=O)c(OC)c1. The number of nitrogens with zero attached hydrogens (tertiary/aromatic N) is 1. The van der Waals surface area contributed by atoms with Gasteiger partial charge in [-0.15, -0.1) is 0 Å². The van der Waals surface area contributed by atoms with Crippen molar-refractivity contribution in [3.05, 3.63) is 29.8 Å². The van der Waals surface area contributed by atoms with Crippen molar-refractivity contribution in [2.45, 2.75) is 13.3 Å². The van der Waals surface area contributed by atoms with Crippen molar-refractivity contribution in [1.82, 2.24) is 10.2 Å². The van der Waals surface area contributed by atoms with E-state index < -0.39 is 0 Å². The molecule has 0 atom stereocenters. The highest BCUT2D eigenvalue weighted by Crippen LogP contribution is 2.28. The number of amides is 3. The number of rotatable bonds is 7. The van der Waals surface area contributed by atoms with Crippen LogP contribution < -0.4 is 14.8 Å². The summed E-state index contributed by atoms with van der Waals surface area (Å²) in [5, 5.41) is 2.48. The highest BCUT2D eigenvalue weighted by molar-refractivity contribution is 6.01. The molecule has 1 aromatic carbocycles. The quantitative estimate of drug-likeness (QED) is 0.618. The fourth-order valence-electron chi connectivity index (χ4n) is 2.19. The molecule has 1 heterocycles. The lowest BCUT2D eigenvalue weighted by atomic mass is 10.2. The van der Waals surface area contributed by atoms with Crippen LogP contribution in [0.4, 0.5) is 4.79 Å². The Bertz CT molecular complexity index is 568. The molecule has 22 heavy (non-hydrogen) atoms. The van der Waals surface area contributed by atoms with Crippen molar-refractivity contribution >= 4 is 18.0 Å². The molecular formula is C16H20N2O4. The Morgan fingerprint density at radius 1 is 1.32 bits per heavy atom. The maximum absolute atomic E-state index is 11.4. The van der Waals surface area contributed by atoms with E-state index in [4.69, 9.17) is 9.47 Å². The zero-order valence-electron chi connectivity index (χ0n) is 12.8. The molecule has 1 aromatic rings. The van der Waals surface area contributed by atoms with E-state index in [1.807, 2.05) is 37.3 Å². The van der Waals surface area contributed by atoms with Crippen molar-refractivity contribution in [2.75, 3.05) is 26.8 Å². The van der Waals surface area contributed by atoms with Crippen molar-refractivity contribution < 1.29 is 19.1 Å². The molecule has 1 aliphatic heterocycles. The largest absolute Gasteiger partial charge is 0.493 e. The fourth-order valence-corrected chi connectivity index (χ4v) is 2.19. The van der Waals surface area contributed by atoms with Gasteiger partial charge in [0.15, 0.2) is 11.5 Å². The molecule has 0 aliphatic carbocycles. The van der Waals surface area contributed by atoms with Gasteiger partial charge >= 0.3 is 6.03 Å². The predicted octanol–water partition coefficient (Wildman–Crippen LogP) is 2.05. The van der Waals surface area contributed by atoms with Gasteiger partial charge in [-0.2, -0.15) is 0 Å². The summed E-state index contributed by atoms with van der Waals surface area (Å²) in [6, 6.07) is 5.35. The molecule has 0 spiro atoms. The predicted molar refractivity (Wildman–Crippen MR) is 82.9 cm³/mol. The van der Waals surface area contributed by atoms with E-state index in [1.54, 1.807) is 7.11 Å². The Balaban J connectivity index is 1.86. The van der Waals surface area contributed by atoms with Crippen molar-refractivity contribution in [3.63, 3.8) is 0 Å². The molecule has 1 aliphatic rings. The third kappa shape index (κ3) is 3.78. The second-order valence-electron chi connectivity index (χ2n) is 4.82. The highest BCUT2D eigenvalue weighted by atomic mass is 16.5. The van der Waals surface area contributed by atoms with Crippen molar-refractivity contribution in [3.8, 4) is 11.5 Å². The third-order valence-electron chi connectivity index (χ3n) is 3.27. The second-order valence-corrected chi connectivity index (χ2v) is 4.82. The number of benzene rings is 1. The van der Waals surface area contributed by atoms with E-state index in [2.05, 4.69) is 5.32 Å². The molecule has 6 nitrogen and oxygen atoms in total. The van der Waals surface area contributed by atoms with E-state index in [9.17, 15) is 9.59 Å². The Labute approximate surface area is 129 Å². The van der Waals surface area contributed by atoms with E-state index in [0.717, 1.165) is 5.56 Å². The highest BCUT2D eigenvalue weighted by Gasteiger charge is 2.27. The van der Waals surface area contributed by atoms with Crippen LogP contribution in [0.25, 0.3) is 6.08 Å². The van der Waals surface area contributed by atoms with E-state index in [1.165, 1.54) is 4.90 Å². The van der Waals surface area contributed by atoms with E-state index in [-0.39, 0.29) is 18.5 Å². The lowest BCUT2D eigenvalue weighted by molar-refractivity contribution is -0.125. The number of imide groups is 1. The van der Waals surface area contributed by atoms with Gasteiger partial charge in [0.1, 0.15) is 0 Å². The molecule has 118 valence electrons. The molecule has 1 fully saturated rings. The second kappa shape index (κ2) is 7.49. The van der Waals surface area contributed by atoms with Gasteiger partial charge in [0.2, 0.25) is 5.91 Å². The summed E-state index contributed by atoms with van der Waals surface area (Å²) in [7, 11) is 1.59. The number of carbonyl (C=O) groups is 2. The molecule has 0 radical (unpaired) electrons. The first-order valence-corrected chi connectivity index (χ1v) is 7.17. The first-order valence-electron chi connectivity index (χ1n) is 7.17. The van der Waals surface area contributed by atoms with Crippen LogP contribution in [0.2, 0.25) is 0 Å². The summed E-state index contributed by atoms with van der Waals surface area (Å²) >= 11 is 0. The van der Waals surface area contributed by atoms with Crippen LogP contribution in [0.5, 0.6) is 11.5 Å². The van der Waals surface area contributed by atoms with Gasteiger partial charge in [-0.3, -0.25) is 9.69 Å². The van der Waals surface area contributed by atoms with Crippen LogP contribution in [-0.2, 0) is 4.79 Å². The first-order chi connectivity index (χ1) is 10.7. The molecule has 0 saturated carbocycles.